The van der Waals surface area contributed by atoms with E-state index < -0.39 is 24.5 Å². The molecule has 0 aliphatic heterocycles. The number of hydrogen-bond acceptors (Lipinski definition) is 5. The molecule has 1 fully saturated rings. The largest absolute Gasteiger partial charge is 0.466 e. The Balaban J connectivity index is 1.82. The third-order valence-corrected chi connectivity index (χ3v) is 3.31. The van der Waals surface area contributed by atoms with E-state index in [1.54, 1.807) is 20.8 Å². The highest BCUT2D eigenvalue weighted by molar-refractivity contribution is 5.68. The standard InChI is InChI=1S/C14H21F3N4O3/c1-13(2,3)24-12(22)19-8-4-9(5-8)21-6-10(18)11(20-21)23-7-14(15,16)17/h6,8-9H,4-5,7,18H2,1-3H3,(H,19,22). The van der Waals surface area contributed by atoms with E-state index in [1.807, 2.05) is 0 Å². The van der Waals surface area contributed by atoms with Gasteiger partial charge in [0.1, 0.15) is 11.3 Å². The number of hydrogen-bond donors (Lipinski definition) is 2. The number of halogens is 3. The first-order valence-corrected chi connectivity index (χ1v) is 7.46. The van der Waals surface area contributed by atoms with Gasteiger partial charge < -0.3 is 20.5 Å². The zero-order chi connectivity index (χ0) is 18.1. The summed E-state index contributed by atoms with van der Waals surface area (Å²) in [7, 11) is 0. The van der Waals surface area contributed by atoms with Crippen LogP contribution in [0.2, 0.25) is 0 Å². The van der Waals surface area contributed by atoms with Crippen LogP contribution >= 0.6 is 0 Å². The first-order chi connectivity index (χ1) is 10.9. The van der Waals surface area contributed by atoms with Crippen LogP contribution in [-0.4, -0.2) is 40.3 Å². The summed E-state index contributed by atoms with van der Waals surface area (Å²) in [5.74, 6) is -0.240. The summed E-state index contributed by atoms with van der Waals surface area (Å²) in [6, 6.07) is -0.134. The number of anilines is 1. The molecule has 0 bridgehead atoms. The lowest BCUT2D eigenvalue weighted by molar-refractivity contribution is -0.154. The van der Waals surface area contributed by atoms with Crippen LogP contribution in [0.1, 0.15) is 39.7 Å². The minimum Gasteiger partial charge on any atom is -0.466 e. The molecular weight excluding hydrogens is 329 g/mol. The molecule has 0 atom stereocenters. The van der Waals surface area contributed by atoms with Crippen molar-refractivity contribution in [2.24, 2.45) is 0 Å². The van der Waals surface area contributed by atoms with Gasteiger partial charge in [0.25, 0.3) is 5.88 Å². The highest BCUT2D eigenvalue weighted by Gasteiger charge is 2.34. The smallest absolute Gasteiger partial charge is 0.422 e. The second-order valence-electron chi connectivity index (χ2n) is 6.74. The van der Waals surface area contributed by atoms with Gasteiger partial charge in [-0.05, 0) is 33.6 Å². The van der Waals surface area contributed by atoms with Gasteiger partial charge in [-0.25, -0.2) is 4.79 Å². The van der Waals surface area contributed by atoms with Crippen molar-refractivity contribution in [2.45, 2.75) is 57.5 Å². The second-order valence-corrected chi connectivity index (χ2v) is 6.74. The maximum absolute atomic E-state index is 12.2. The van der Waals surface area contributed by atoms with Crippen LogP contribution in [0.25, 0.3) is 0 Å². The topological polar surface area (TPSA) is 91.4 Å². The van der Waals surface area contributed by atoms with Crippen molar-refractivity contribution >= 4 is 11.8 Å². The van der Waals surface area contributed by atoms with E-state index in [0.29, 0.717) is 12.8 Å². The molecule has 1 aromatic rings. The predicted octanol–water partition coefficient (Wildman–Crippen LogP) is 2.63. The van der Waals surface area contributed by atoms with Crippen molar-refractivity contribution < 1.29 is 27.4 Å². The van der Waals surface area contributed by atoms with Crippen molar-refractivity contribution in [1.29, 1.82) is 0 Å². The Morgan fingerprint density at radius 3 is 2.58 bits per heavy atom. The lowest BCUT2D eigenvalue weighted by Gasteiger charge is -2.36. The maximum Gasteiger partial charge on any atom is 0.422 e. The lowest BCUT2D eigenvalue weighted by Crippen LogP contribution is -2.46. The van der Waals surface area contributed by atoms with Crippen LogP contribution in [0, 0.1) is 0 Å². The normalized spacial score (nSPS) is 21.1. The third kappa shape index (κ3) is 5.20. The van der Waals surface area contributed by atoms with E-state index in [4.69, 9.17) is 10.5 Å². The van der Waals surface area contributed by atoms with Crippen molar-refractivity contribution in [1.82, 2.24) is 15.1 Å². The average Bonchev–Trinajstić information content (AvgIpc) is 2.68. The number of nitrogens with one attached hydrogen (secondary N) is 1. The first-order valence-electron chi connectivity index (χ1n) is 7.46. The Kier molecular flexibility index (Phi) is 4.86. The quantitative estimate of drug-likeness (QED) is 0.871. The highest BCUT2D eigenvalue weighted by Crippen LogP contribution is 2.34. The Hall–Kier alpha value is -2.13. The van der Waals surface area contributed by atoms with Crippen LogP contribution in [0.4, 0.5) is 23.7 Å². The number of alkyl halides is 3. The summed E-state index contributed by atoms with van der Waals surface area (Å²) in [6.07, 6.45) is -2.35. The van der Waals surface area contributed by atoms with Gasteiger partial charge in [-0.1, -0.05) is 0 Å². The van der Waals surface area contributed by atoms with Gasteiger partial charge >= 0.3 is 12.3 Å². The zero-order valence-corrected chi connectivity index (χ0v) is 13.7. The Morgan fingerprint density at radius 1 is 1.42 bits per heavy atom. The molecule has 2 rings (SSSR count). The number of amides is 1. The number of alkyl carbamates (subject to hydrolysis) is 1. The van der Waals surface area contributed by atoms with E-state index >= 15 is 0 Å². The zero-order valence-electron chi connectivity index (χ0n) is 13.7. The van der Waals surface area contributed by atoms with Crippen LogP contribution in [0.5, 0.6) is 5.88 Å². The van der Waals surface area contributed by atoms with Crippen molar-refractivity contribution in [3.8, 4) is 5.88 Å². The second kappa shape index (κ2) is 6.40. The number of nitrogens with two attached hydrogens (primary N) is 1. The Labute approximate surface area is 137 Å². The predicted molar refractivity (Wildman–Crippen MR) is 79.6 cm³/mol. The van der Waals surface area contributed by atoms with Gasteiger partial charge in [0.05, 0.1) is 12.2 Å². The summed E-state index contributed by atoms with van der Waals surface area (Å²) >= 11 is 0. The molecule has 0 radical (unpaired) electrons. The molecule has 3 N–H and O–H groups in total. The van der Waals surface area contributed by atoms with Crippen molar-refractivity contribution in [3.63, 3.8) is 0 Å². The van der Waals surface area contributed by atoms with Crippen LogP contribution < -0.4 is 15.8 Å². The molecule has 0 unspecified atom stereocenters. The number of carbonyl (C=O) groups excluding carboxylic acids is 1. The monoisotopic (exact) mass is 350 g/mol. The number of nitrogens with zero attached hydrogens (tertiary/aromatic N) is 2. The minimum atomic E-state index is -4.45. The Bertz CT molecular complexity index is 589. The van der Waals surface area contributed by atoms with E-state index in [9.17, 15) is 18.0 Å². The molecule has 1 heterocycles. The molecule has 1 saturated carbocycles. The van der Waals surface area contributed by atoms with Crippen molar-refractivity contribution in [3.05, 3.63) is 6.20 Å². The molecule has 1 amide bonds. The molecule has 1 aromatic heterocycles. The number of carbonyl (C=O) groups is 1. The minimum absolute atomic E-state index is 0.0443. The van der Waals surface area contributed by atoms with Gasteiger partial charge in [-0.2, -0.15) is 13.2 Å². The molecule has 1 aliphatic rings. The lowest BCUT2D eigenvalue weighted by atomic mass is 9.87. The number of ether oxygens (including phenoxy) is 2. The van der Waals surface area contributed by atoms with Crippen molar-refractivity contribution in [2.75, 3.05) is 12.3 Å². The number of aromatic nitrogens is 2. The summed E-state index contributed by atoms with van der Waals surface area (Å²) < 4.78 is 47.7. The molecule has 0 spiro atoms. The maximum atomic E-state index is 12.2. The molecule has 7 nitrogen and oxygen atoms in total. The molecule has 0 saturated heterocycles. The summed E-state index contributed by atoms with van der Waals surface area (Å²) in [5, 5.41) is 6.66. The van der Waals surface area contributed by atoms with Crippen LogP contribution in [0.3, 0.4) is 0 Å². The molecule has 1 aliphatic carbocycles. The van der Waals surface area contributed by atoms with Gasteiger partial charge in [0.15, 0.2) is 6.61 Å². The Morgan fingerprint density at radius 2 is 2.04 bits per heavy atom. The number of nitrogen functional groups attached to an aromatic ring is 1. The van der Waals surface area contributed by atoms with Crippen LogP contribution in [-0.2, 0) is 4.74 Å². The molecule has 0 aromatic carbocycles. The number of rotatable bonds is 4. The molecule has 10 heteroatoms. The third-order valence-electron chi connectivity index (χ3n) is 3.31. The summed E-state index contributed by atoms with van der Waals surface area (Å²) in [6.45, 7) is 3.86. The summed E-state index contributed by atoms with van der Waals surface area (Å²) in [4.78, 5) is 11.6. The van der Waals surface area contributed by atoms with E-state index in [-0.39, 0.29) is 23.7 Å². The van der Waals surface area contributed by atoms with E-state index in [1.165, 1.54) is 10.9 Å². The highest BCUT2D eigenvalue weighted by atomic mass is 19.4. The van der Waals surface area contributed by atoms with Gasteiger partial charge in [0, 0.05) is 6.04 Å². The van der Waals surface area contributed by atoms with Crippen LogP contribution in [0.15, 0.2) is 6.20 Å². The van der Waals surface area contributed by atoms with Gasteiger partial charge in [0.2, 0.25) is 0 Å². The van der Waals surface area contributed by atoms with E-state index in [2.05, 4.69) is 15.2 Å². The average molecular weight is 350 g/mol. The fourth-order valence-corrected chi connectivity index (χ4v) is 2.23. The molecule has 24 heavy (non-hydrogen) atoms. The van der Waals surface area contributed by atoms with Gasteiger partial charge in [-0.3, -0.25) is 4.68 Å². The van der Waals surface area contributed by atoms with Gasteiger partial charge in [-0.15, -0.1) is 5.10 Å². The SMILES string of the molecule is CC(C)(C)OC(=O)NC1CC(n2cc(N)c(OCC(F)(F)F)n2)C1. The first kappa shape index (κ1) is 18.2. The fourth-order valence-electron chi connectivity index (χ4n) is 2.23. The summed E-state index contributed by atoms with van der Waals surface area (Å²) in [5.41, 5.74) is 5.08. The van der Waals surface area contributed by atoms with E-state index in [0.717, 1.165) is 0 Å². The fraction of sp³-hybridized carbons (Fsp3) is 0.714. The molecular formula is C14H21F3N4O3. The molecule has 136 valence electrons.